The van der Waals surface area contributed by atoms with Crippen molar-refractivity contribution in [3.05, 3.63) is 0 Å². The second kappa shape index (κ2) is 5.09. The summed E-state index contributed by atoms with van der Waals surface area (Å²) < 4.78 is 4.60. The van der Waals surface area contributed by atoms with Crippen molar-refractivity contribution in [2.75, 3.05) is 13.7 Å². The number of nitrogens with one attached hydrogen (secondary N) is 1. The van der Waals surface area contributed by atoms with Crippen LogP contribution in [0.15, 0.2) is 0 Å². The summed E-state index contributed by atoms with van der Waals surface area (Å²) in [5, 5.41) is 11.9. The number of rotatable bonds is 4. The van der Waals surface area contributed by atoms with E-state index in [4.69, 9.17) is 0 Å². The van der Waals surface area contributed by atoms with Gasteiger partial charge in [-0.05, 0) is 20.9 Å². The Bertz CT molecular complexity index is 127. The highest BCUT2D eigenvalue weighted by molar-refractivity contribution is 5.75. The summed E-state index contributed by atoms with van der Waals surface area (Å²) in [6.07, 6.45) is -1.07. The molecule has 0 saturated heterocycles. The Labute approximate surface area is 66.5 Å². The largest absolute Gasteiger partial charge is 0.464 e. The van der Waals surface area contributed by atoms with E-state index in [1.165, 1.54) is 0 Å². The van der Waals surface area contributed by atoms with Crippen LogP contribution in [-0.4, -0.2) is 36.9 Å². The zero-order chi connectivity index (χ0) is 8.85. The van der Waals surface area contributed by atoms with Crippen molar-refractivity contribution in [2.24, 2.45) is 0 Å². The Morgan fingerprint density at radius 1 is 1.73 bits per heavy atom. The van der Waals surface area contributed by atoms with Gasteiger partial charge in [0.2, 0.25) is 0 Å². The fraction of sp³-hybridized carbons (Fsp3) is 0.857. The molecule has 0 bridgehead atoms. The molecule has 4 nitrogen and oxygen atoms in total. The van der Waals surface area contributed by atoms with E-state index in [0.29, 0.717) is 6.61 Å². The Morgan fingerprint density at radius 3 is 2.64 bits per heavy atom. The maximum absolute atomic E-state index is 10.8. The minimum absolute atomic E-state index is 0.269. The maximum atomic E-state index is 10.8. The molecule has 0 aromatic heterocycles. The molecule has 0 amide bonds. The van der Waals surface area contributed by atoms with Crippen LogP contribution in [-0.2, 0) is 9.53 Å². The maximum Gasteiger partial charge on any atom is 0.336 e. The van der Waals surface area contributed by atoms with Gasteiger partial charge in [0.25, 0.3) is 0 Å². The standard InChI is InChI=1S/C7H15NO3/c1-4-11-7(10)6(9)5(2)8-3/h5-6,8-9H,4H2,1-3H3. The molecular formula is C7H15NO3. The number of aliphatic hydroxyl groups excluding tert-OH is 1. The van der Waals surface area contributed by atoms with Gasteiger partial charge in [-0.3, -0.25) is 0 Å². The highest BCUT2D eigenvalue weighted by atomic mass is 16.5. The summed E-state index contributed by atoms with van der Waals surface area (Å²) in [6, 6.07) is -0.269. The topological polar surface area (TPSA) is 58.6 Å². The lowest BCUT2D eigenvalue weighted by Crippen LogP contribution is -2.41. The van der Waals surface area contributed by atoms with Gasteiger partial charge in [-0.15, -0.1) is 0 Å². The number of esters is 1. The number of ether oxygens (including phenoxy) is 1. The molecular weight excluding hydrogens is 146 g/mol. The van der Waals surface area contributed by atoms with Gasteiger partial charge in [0, 0.05) is 6.04 Å². The first-order valence-corrected chi connectivity index (χ1v) is 3.65. The number of hydrogen-bond acceptors (Lipinski definition) is 4. The Balaban J connectivity index is 3.80. The molecule has 0 radical (unpaired) electrons. The average molecular weight is 161 g/mol. The van der Waals surface area contributed by atoms with Crippen LogP contribution in [0.1, 0.15) is 13.8 Å². The third kappa shape index (κ3) is 3.34. The lowest BCUT2D eigenvalue weighted by Gasteiger charge is -2.15. The van der Waals surface area contributed by atoms with Crippen LogP contribution in [0, 0.1) is 0 Å². The van der Waals surface area contributed by atoms with Gasteiger partial charge in [-0.2, -0.15) is 0 Å². The van der Waals surface area contributed by atoms with Crippen molar-refractivity contribution in [1.82, 2.24) is 5.32 Å². The highest BCUT2D eigenvalue weighted by Crippen LogP contribution is 1.94. The zero-order valence-corrected chi connectivity index (χ0v) is 7.13. The van der Waals surface area contributed by atoms with Gasteiger partial charge in [0.1, 0.15) is 0 Å². The van der Waals surface area contributed by atoms with Crippen LogP contribution in [0.5, 0.6) is 0 Å². The van der Waals surface area contributed by atoms with Crippen LogP contribution in [0.4, 0.5) is 0 Å². The molecule has 0 aliphatic heterocycles. The monoisotopic (exact) mass is 161 g/mol. The van der Waals surface area contributed by atoms with Crippen molar-refractivity contribution in [3.63, 3.8) is 0 Å². The van der Waals surface area contributed by atoms with E-state index >= 15 is 0 Å². The molecule has 0 aliphatic rings. The van der Waals surface area contributed by atoms with Crippen LogP contribution >= 0.6 is 0 Å². The molecule has 0 spiro atoms. The van der Waals surface area contributed by atoms with E-state index in [2.05, 4.69) is 10.1 Å². The van der Waals surface area contributed by atoms with Gasteiger partial charge < -0.3 is 15.2 Å². The van der Waals surface area contributed by atoms with Gasteiger partial charge in [0.05, 0.1) is 6.61 Å². The first kappa shape index (κ1) is 10.4. The summed E-state index contributed by atoms with van der Waals surface area (Å²) in [5.41, 5.74) is 0. The smallest absolute Gasteiger partial charge is 0.336 e. The lowest BCUT2D eigenvalue weighted by atomic mass is 10.2. The Kier molecular flexibility index (Phi) is 4.81. The minimum Gasteiger partial charge on any atom is -0.464 e. The van der Waals surface area contributed by atoms with Crippen LogP contribution in [0.25, 0.3) is 0 Å². The predicted molar refractivity (Wildman–Crippen MR) is 41.2 cm³/mol. The molecule has 0 aromatic rings. The molecule has 0 aliphatic carbocycles. The van der Waals surface area contributed by atoms with Crippen molar-refractivity contribution in [3.8, 4) is 0 Å². The zero-order valence-electron chi connectivity index (χ0n) is 7.13. The van der Waals surface area contributed by atoms with E-state index in [0.717, 1.165) is 0 Å². The van der Waals surface area contributed by atoms with Crippen molar-refractivity contribution >= 4 is 5.97 Å². The highest BCUT2D eigenvalue weighted by Gasteiger charge is 2.21. The Hall–Kier alpha value is -0.610. The molecule has 11 heavy (non-hydrogen) atoms. The lowest BCUT2D eigenvalue weighted by molar-refractivity contribution is -0.154. The predicted octanol–water partition coefficient (Wildman–Crippen LogP) is -0.482. The van der Waals surface area contributed by atoms with E-state index in [-0.39, 0.29) is 6.04 Å². The third-order valence-corrected chi connectivity index (χ3v) is 1.46. The second-order valence-corrected chi connectivity index (χ2v) is 2.27. The molecule has 0 heterocycles. The summed E-state index contributed by atoms with van der Waals surface area (Å²) in [6.45, 7) is 3.71. The van der Waals surface area contributed by atoms with Crippen LogP contribution < -0.4 is 5.32 Å². The summed E-state index contributed by atoms with van der Waals surface area (Å²) in [7, 11) is 1.67. The normalized spacial score (nSPS) is 15.6. The van der Waals surface area contributed by atoms with Gasteiger partial charge in [-0.1, -0.05) is 0 Å². The van der Waals surface area contributed by atoms with Crippen molar-refractivity contribution in [2.45, 2.75) is 26.0 Å². The van der Waals surface area contributed by atoms with Gasteiger partial charge in [0.15, 0.2) is 6.10 Å². The first-order chi connectivity index (χ1) is 5.13. The summed E-state index contributed by atoms with van der Waals surface area (Å²) in [5.74, 6) is -0.575. The first-order valence-electron chi connectivity index (χ1n) is 3.65. The van der Waals surface area contributed by atoms with E-state index in [9.17, 15) is 9.90 Å². The van der Waals surface area contributed by atoms with Crippen molar-refractivity contribution < 1.29 is 14.6 Å². The summed E-state index contributed by atoms with van der Waals surface area (Å²) >= 11 is 0. The molecule has 0 saturated carbocycles. The number of carbonyl (C=O) groups excluding carboxylic acids is 1. The number of hydrogen-bond donors (Lipinski definition) is 2. The fourth-order valence-corrected chi connectivity index (χ4v) is 0.590. The van der Waals surface area contributed by atoms with Crippen molar-refractivity contribution in [1.29, 1.82) is 0 Å². The molecule has 0 rings (SSSR count). The number of likely N-dealkylation sites (N-methyl/N-ethyl adjacent to an activating group) is 1. The quantitative estimate of drug-likeness (QED) is 0.547. The third-order valence-electron chi connectivity index (χ3n) is 1.46. The van der Waals surface area contributed by atoms with Gasteiger partial charge in [-0.25, -0.2) is 4.79 Å². The molecule has 2 unspecified atom stereocenters. The SMILES string of the molecule is CCOC(=O)C(O)C(C)NC. The van der Waals surface area contributed by atoms with E-state index in [1.807, 2.05) is 0 Å². The van der Waals surface area contributed by atoms with E-state index < -0.39 is 12.1 Å². The Morgan fingerprint density at radius 2 is 2.27 bits per heavy atom. The molecule has 4 heteroatoms. The fourth-order valence-electron chi connectivity index (χ4n) is 0.590. The number of carbonyl (C=O) groups is 1. The second-order valence-electron chi connectivity index (χ2n) is 2.27. The van der Waals surface area contributed by atoms with E-state index in [1.54, 1.807) is 20.9 Å². The van der Waals surface area contributed by atoms with Crippen LogP contribution in [0.2, 0.25) is 0 Å². The number of aliphatic hydroxyl groups is 1. The average Bonchev–Trinajstić information content (AvgIpc) is 2.02. The molecule has 0 fully saturated rings. The molecule has 2 atom stereocenters. The summed E-state index contributed by atoms with van der Waals surface area (Å²) in [4.78, 5) is 10.8. The van der Waals surface area contributed by atoms with Gasteiger partial charge >= 0.3 is 5.97 Å². The minimum atomic E-state index is -1.07. The molecule has 66 valence electrons. The molecule has 0 aromatic carbocycles. The van der Waals surface area contributed by atoms with Crippen LogP contribution in [0.3, 0.4) is 0 Å². The molecule has 2 N–H and O–H groups in total.